The molecule has 0 aliphatic carbocycles. The molecule has 0 saturated heterocycles. The van der Waals surface area contributed by atoms with Gasteiger partial charge in [-0.2, -0.15) is 14.5 Å². The molecule has 0 aliphatic heterocycles. The second-order valence-corrected chi connectivity index (χ2v) is 7.11. The zero-order chi connectivity index (χ0) is 19.1. The third-order valence-electron chi connectivity index (χ3n) is 4.05. The van der Waals surface area contributed by atoms with Crippen LogP contribution in [0.5, 0.6) is 0 Å². The average Bonchev–Trinajstić information content (AvgIpc) is 2.67. The lowest BCUT2D eigenvalue weighted by molar-refractivity contribution is 0.564. The number of benzene rings is 2. The maximum Gasteiger partial charge on any atom is 0.295 e. The summed E-state index contributed by atoms with van der Waals surface area (Å²) in [5.74, 6) is 0.308. The van der Waals surface area contributed by atoms with Gasteiger partial charge in [-0.1, -0.05) is 46.3 Å². The highest BCUT2D eigenvalue weighted by Crippen LogP contribution is 2.21. The first kappa shape index (κ1) is 17.5. The fourth-order valence-corrected chi connectivity index (χ4v) is 3.33. The molecule has 7 nitrogen and oxygen atoms in total. The van der Waals surface area contributed by atoms with Crippen LogP contribution in [0.2, 0.25) is 0 Å². The lowest BCUT2D eigenvalue weighted by Gasteiger charge is -2.15. The molecule has 0 saturated carbocycles. The van der Waals surface area contributed by atoms with Crippen LogP contribution in [-0.4, -0.2) is 24.5 Å². The van der Waals surface area contributed by atoms with Crippen molar-refractivity contribution in [3.63, 3.8) is 0 Å². The van der Waals surface area contributed by atoms with Crippen molar-refractivity contribution in [3.05, 3.63) is 84.2 Å². The molecule has 134 valence electrons. The molecule has 0 radical (unpaired) electrons. The maximum atomic E-state index is 13.4. The maximum absolute atomic E-state index is 13.4. The van der Waals surface area contributed by atoms with Crippen molar-refractivity contribution in [1.82, 2.24) is 24.5 Å². The van der Waals surface area contributed by atoms with E-state index in [1.54, 1.807) is 19.1 Å². The smallest absolute Gasteiger partial charge is 0.267 e. The molecular formula is C18H12BrN5O2S. The summed E-state index contributed by atoms with van der Waals surface area (Å²) in [6.45, 7) is 1.54. The van der Waals surface area contributed by atoms with Gasteiger partial charge in [0.15, 0.2) is 5.82 Å². The number of nitrogens with one attached hydrogen (secondary N) is 1. The van der Waals surface area contributed by atoms with Crippen LogP contribution in [0.4, 0.5) is 0 Å². The highest BCUT2D eigenvalue weighted by atomic mass is 79.9. The molecular weight excluding hydrogens is 430 g/mol. The van der Waals surface area contributed by atoms with Gasteiger partial charge in [0.05, 0.1) is 10.9 Å². The summed E-state index contributed by atoms with van der Waals surface area (Å²) in [4.78, 5) is 30.7. The molecule has 4 aromatic rings. The largest absolute Gasteiger partial charge is 0.295 e. The normalized spacial score (nSPS) is 11.0. The van der Waals surface area contributed by atoms with Crippen molar-refractivity contribution < 1.29 is 0 Å². The van der Waals surface area contributed by atoms with E-state index in [0.717, 1.165) is 9.15 Å². The summed E-state index contributed by atoms with van der Waals surface area (Å²) in [6.07, 6.45) is 0. The van der Waals surface area contributed by atoms with Crippen LogP contribution in [0.15, 0.2) is 62.6 Å². The molecule has 1 N–H and O–H groups in total. The number of aromatic nitrogens is 5. The molecule has 9 heteroatoms. The molecule has 27 heavy (non-hydrogen) atoms. The van der Waals surface area contributed by atoms with E-state index in [1.165, 1.54) is 4.68 Å². The molecule has 0 bridgehead atoms. The molecule has 0 amide bonds. The van der Waals surface area contributed by atoms with Gasteiger partial charge in [0.2, 0.25) is 4.77 Å². The number of H-pyrrole nitrogens is 1. The van der Waals surface area contributed by atoms with Crippen molar-refractivity contribution >= 4 is 39.1 Å². The summed E-state index contributed by atoms with van der Waals surface area (Å²) in [7, 11) is 0. The number of aromatic amines is 1. The van der Waals surface area contributed by atoms with Gasteiger partial charge in [0.25, 0.3) is 11.1 Å². The number of rotatable bonds is 2. The number of aryl methyl sites for hydroxylation is 1. The van der Waals surface area contributed by atoms with Crippen LogP contribution >= 0.6 is 28.1 Å². The minimum absolute atomic E-state index is 0.000952. The third kappa shape index (κ3) is 2.94. The van der Waals surface area contributed by atoms with Gasteiger partial charge in [-0.15, -0.1) is 0 Å². The van der Waals surface area contributed by atoms with Crippen molar-refractivity contribution in [2.75, 3.05) is 0 Å². The van der Waals surface area contributed by atoms with Gasteiger partial charge in [-0.3, -0.25) is 14.7 Å². The Morgan fingerprint density at radius 2 is 1.78 bits per heavy atom. The molecule has 0 unspecified atom stereocenters. The Morgan fingerprint density at radius 1 is 1.04 bits per heavy atom. The Kier molecular flexibility index (Phi) is 4.33. The van der Waals surface area contributed by atoms with Gasteiger partial charge in [0.1, 0.15) is 5.69 Å². The van der Waals surface area contributed by atoms with Gasteiger partial charge in [-0.05, 0) is 37.3 Å². The van der Waals surface area contributed by atoms with E-state index in [0.29, 0.717) is 22.3 Å². The molecule has 0 aliphatic rings. The van der Waals surface area contributed by atoms with E-state index >= 15 is 0 Å². The van der Waals surface area contributed by atoms with Gasteiger partial charge < -0.3 is 0 Å². The molecule has 0 fully saturated rings. The summed E-state index contributed by atoms with van der Waals surface area (Å²) in [6, 6.07) is 14.4. The fraction of sp³-hybridized carbons (Fsp3) is 0.0556. The summed E-state index contributed by atoms with van der Waals surface area (Å²) < 4.78 is 3.02. The number of halogens is 1. The Bertz CT molecular complexity index is 1360. The molecule has 2 aromatic carbocycles. The fourth-order valence-electron chi connectivity index (χ4n) is 2.76. The van der Waals surface area contributed by atoms with Crippen LogP contribution in [0.1, 0.15) is 5.69 Å². The second kappa shape index (κ2) is 6.67. The third-order valence-corrected chi connectivity index (χ3v) is 4.81. The van der Waals surface area contributed by atoms with Crippen LogP contribution < -0.4 is 11.1 Å². The van der Waals surface area contributed by atoms with Crippen LogP contribution in [-0.2, 0) is 0 Å². The van der Waals surface area contributed by atoms with Gasteiger partial charge in [-0.25, -0.2) is 4.98 Å². The Labute approximate surface area is 166 Å². The van der Waals surface area contributed by atoms with Crippen molar-refractivity contribution in [1.29, 1.82) is 0 Å². The predicted octanol–water partition coefficient (Wildman–Crippen LogP) is 3.06. The Balaban J connectivity index is 2.24. The highest BCUT2D eigenvalue weighted by molar-refractivity contribution is 9.10. The lowest BCUT2D eigenvalue weighted by Crippen LogP contribution is -2.39. The van der Waals surface area contributed by atoms with E-state index in [1.807, 2.05) is 36.4 Å². The van der Waals surface area contributed by atoms with Crippen molar-refractivity contribution in [2.24, 2.45) is 0 Å². The van der Waals surface area contributed by atoms with Crippen molar-refractivity contribution in [2.45, 2.75) is 6.92 Å². The SMILES string of the molecule is Cc1n[nH]c(=S)n(-n2c(-c3ccccc3)nc3ccc(Br)cc3c2=O)c1=O. The van der Waals surface area contributed by atoms with Crippen molar-refractivity contribution in [3.8, 4) is 11.4 Å². The lowest BCUT2D eigenvalue weighted by atomic mass is 10.2. The number of nitrogens with zero attached hydrogens (tertiary/aromatic N) is 4. The first-order valence-corrected chi connectivity index (χ1v) is 9.14. The quantitative estimate of drug-likeness (QED) is 0.483. The summed E-state index contributed by atoms with van der Waals surface area (Å²) >= 11 is 8.62. The Hall–Kier alpha value is -2.91. The molecule has 4 rings (SSSR count). The summed E-state index contributed by atoms with van der Waals surface area (Å²) in [5, 5.41) is 6.83. The van der Waals surface area contributed by atoms with E-state index in [-0.39, 0.29) is 10.5 Å². The Morgan fingerprint density at radius 3 is 2.52 bits per heavy atom. The van der Waals surface area contributed by atoms with Gasteiger partial charge in [0, 0.05) is 10.0 Å². The summed E-state index contributed by atoms with van der Waals surface area (Å²) in [5.41, 5.74) is 0.479. The van der Waals surface area contributed by atoms with E-state index in [2.05, 4.69) is 31.1 Å². The predicted molar refractivity (Wildman–Crippen MR) is 108 cm³/mol. The van der Waals surface area contributed by atoms with E-state index in [4.69, 9.17) is 12.2 Å². The first-order valence-electron chi connectivity index (χ1n) is 7.94. The topological polar surface area (TPSA) is 85.6 Å². The van der Waals surface area contributed by atoms with E-state index < -0.39 is 11.1 Å². The molecule has 0 atom stereocenters. The average molecular weight is 442 g/mol. The number of fused-ring (bicyclic) bond motifs is 1. The number of hydrogen-bond donors (Lipinski definition) is 1. The second-order valence-electron chi connectivity index (χ2n) is 5.81. The minimum Gasteiger partial charge on any atom is -0.267 e. The standard InChI is InChI=1S/C18H12BrN5O2S/c1-10-16(25)24(18(27)22-21-10)23-15(11-5-3-2-4-6-11)20-14-8-7-12(19)9-13(14)17(23)26/h2-9H,1H3,(H,22,27). The van der Waals surface area contributed by atoms with Crippen LogP contribution in [0, 0.1) is 11.7 Å². The minimum atomic E-state index is -0.492. The zero-order valence-corrected chi connectivity index (χ0v) is 16.4. The zero-order valence-electron chi connectivity index (χ0n) is 14.0. The first-order chi connectivity index (χ1) is 13.0. The van der Waals surface area contributed by atoms with Crippen LogP contribution in [0.3, 0.4) is 0 Å². The highest BCUT2D eigenvalue weighted by Gasteiger charge is 2.17. The van der Waals surface area contributed by atoms with Crippen LogP contribution in [0.25, 0.3) is 22.3 Å². The molecule has 2 heterocycles. The van der Waals surface area contributed by atoms with E-state index in [9.17, 15) is 9.59 Å². The monoisotopic (exact) mass is 441 g/mol. The molecule has 2 aromatic heterocycles. The number of hydrogen-bond acceptors (Lipinski definition) is 5. The molecule has 0 spiro atoms. The van der Waals surface area contributed by atoms with Gasteiger partial charge >= 0.3 is 0 Å².